The van der Waals surface area contributed by atoms with Gasteiger partial charge in [-0.1, -0.05) is 19.1 Å². The zero-order chi connectivity index (χ0) is 25.5. The summed E-state index contributed by atoms with van der Waals surface area (Å²) in [7, 11) is 0. The van der Waals surface area contributed by atoms with Crippen LogP contribution in [-0.4, -0.2) is 22.8 Å². The van der Waals surface area contributed by atoms with Crippen molar-refractivity contribution >= 4 is 12.1 Å². The highest BCUT2D eigenvalue weighted by Gasteiger charge is 2.12. The van der Waals surface area contributed by atoms with Crippen LogP contribution in [0.3, 0.4) is 0 Å². The van der Waals surface area contributed by atoms with Crippen molar-refractivity contribution in [2.24, 2.45) is 5.10 Å². The van der Waals surface area contributed by atoms with E-state index in [9.17, 15) is 4.79 Å². The first-order valence-electron chi connectivity index (χ1n) is 12.0. The van der Waals surface area contributed by atoms with Crippen molar-refractivity contribution in [1.29, 1.82) is 0 Å². The Labute approximate surface area is 211 Å². The molecule has 0 saturated heterocycles. The van der Waals surface area contributed by atoms with Crippen LogP contribution < -0.4 is 14.9 Å². The van der Waals surface area contributed by atoms with E-state index >= 15 is 0 Å². The first-order valence-corrected chi connectivity index (χ1v) is 12.0. The van der Waals surface area contributed by atoms with Gasteiger partial charge in [-0.2, -0.15) is 5.10 Å². The van der Waals surface area contributed by atoms with E-state index in [0.29, 0.717) is 17.3 Å². The number of hydrazone groups is 1. The van der Waals surface area contributed by atoms with Crippen molar-refractivity contribution in [1.82, 2.24) is 9.99 Å². The Bertz CT molecular complexity index is 1320. The average molecular weight is 486 g/mol. The molecule has 0 saturated carbocycles. The maximum Gasteiger partial charge on any atom is 0.307 e. The van der Waals surface area contributed by atoms with Crippen LogP contribution in [0.25, 0.3) is 5.69 Å². The Morgan fingerprint density at radius 3 is 2.47 bits per heavy atom. The number of amides is 1. The van der Waals surface area contributed by atoms with Gasteiger partial charge >= 0.3 is 5.91 Å². The van der Waals surface area contributed by atoms with E-state index in [0.717, 1.165) is 17.7 Å². The van der Waals surface area contributed by atoms with Gasteiger partial charge in [0.15, 0.2) is 5.76 Å². The fraction of sp³-hybridized carbons (Fsp3) is 0.241. The highest BCUT2D eigenvalue weighted by atomic mass is 16.5. The number of hydrogen-bond donors (Lipinski definition) is 1. The van der Waals surface area contributed by atoms with E-state index in [1.165, 1.54) is 11.4 Å². The van der Waals surface area contributed by atoms with Gasteiger partial charge in [0, 0.05) is 22.6 Å². The highest BCUT2D eigenvalue weighted by Crippen LogP contribution is 2.21. The lowest BCUT2D eigenvalue weighted by molar-refractivity contribution is 0.0923. The van der Waals surface area contributed by atoms with Gasteiger partial charge in [-0.25, -0.2) is 5.43 Å². The summed E-state index contributed by atoms with van der Waals surface area (Å²) in [5.41, 5.74) is 6.70. The number of nitrogens with one attached hydrogen (secondary N) is 1. The molecule has 0 bridgehead atoms. The Morgan fingerprint density at radius 1 is 1.03 bits per heavy atom. The van der Waals surface area contributed by atoms with E-state index in [2.05, 4.69) is 48.0 Å². The number of benzene rings is 2. The lowest BCUT2D eigenvalue weighted by Crippen LogP contribution is -2.17. The molecule has 0 aliphatic carbocycles. The number of para-hydroxylation sites is 1. The zero-order valence-electron chi connectivity index (χ0n) is 21.0. The lowest BCUT2D eigenvalue weighted by atomic mass is 10.2. The molecule has 7 nitrogen and oxygen atoms in total. The number of hydrogen-bond acceptors (Lipinski definition) is 5. The van der Waals surface area contributed by atoms with Crippen molar-refractivity contribution in [2.45, 2.75) is 46.8 Å². The summed E-state index contributed by atoms with van der Waals surface area (Å²) in [6, 6.07) is 22.9. The molecule has 2 aromatic carbocycles. The van der Waals surface area contributed by atoms with Crippen LogP contribution in [0.2, 0.25) is 0 Å². The first-order chi connectivity index (χ1) is 17.4. The van der Waals surface area contributed by atoms with Crippen LogP contribution in [-0.2, 0) is 6.61 Å². The number of carbonyl (C=O) groups is 1. The Kier molecular flexibility index (Phi) is 7.90. The topological polar surface area (TPSA) is 78.0 Å². The third kappa shape index (κ3) is 6.05. The largest absolute Gasteiger partial charge is 0.490 e. The molecule has 0 fully saturated rings. The Balaban J connectivity index is 1.31. The molecule has 1 atom stereocenters. The normalized spacial score (nSPS) is 12.0. The van der Waals surface area contributed by atoms with Gasteiger partial charge in [0.1, 0.15) is 23.9 Å². The van der Waals surface area contributed by atoms with Crippen molar-refractivity contribution in [2.75, 3.05) is 0 Å². The predicted molar refractivity (Wildman–Crippen MR) is 140 cm³/mol. The van der Waals surface area contributed by atoms with Crippen molar-refractivity contribution in [3.63, 3.8) is 0 Å². The second-order valence-electron chi connectivity index (χ2n) is 8.57. The summed E-state index contributed by atoms with van der Waals surface area (Å²) in [4.78, 5) is 12.4. The number of nitrogens with zero attached hydrogens (tertiary/aromatic N) is 2. The summed E-state index contributed by atoms with van der Waals surface area (Å²) in [6.45, 7) is 8.43. The van der Waals surface area contributed by atoms with Crippen LogP contribution >= 0.6 is 0 Å². The molecule has 186 valence electrons. The summed E-state index contributed by atoms with van der Waals surface area (Å²) in [6.07, 6.45) is 2.54. The Hall–Kier alpha value is -4.26. The summed E-state index contributed by atoms with van der Waals surface area (Å²) in [5.74, 6) is 1.68. The Morgan fingerprint density at radius 2 is 1.75 bits per heavy atom. The van der Waals surface area contributed by atoms with Gasteiger partial charge in [-0.3, -0.25) is 4.79 Å². The molecular formula is C29H31N3O4. The fourth-order valence-corrected chi connectivity index (χ4v) is 3.71. The average Bonchev–Trinajstić information content (AvgIpc) is 3.50. The summed E-state index contributed by atoms with van der Waals surface area (Å²) < 4.78 is 19.6. The standard InChI is InChI=1S/C29H31N3O4/c1-5-22(4)35-27-9-7-6-8-23(27)18-30-31-29(33)28-17-16-26(36-28)19-34-25-14-12-24(13-15-25)32-20(2)10-11-21(32)3/h6-18,22H,5,19H2,1-4H3,(H,31,33)/b30-18+/t22-/m1/s1. The van der Waals surface area contributed by atoms with Gasteiger partial charge in [0.25, 0.3) is 0 Å². The van der Waals surface area contributed by atoms with Crippen LogP contribution in [0.4, 0.5) is 0 Å². The molecule has 0 radical (unpaired) electrons. The van der Waals surface area contributed by atoms with Gasteiger partial charge in [0.05, 0.1) is 12.3 Å². The first kappa shape index (κ1) is 24.9. The van der Waals surface area contributed by atoms with Crippen molar-refractivity contribution < 1.29 is 18.7 Å². The lowest BCUT2D eigenvalue weighted by Gasteiger charge is -2.14. The molecule has 0 aliphatic rings. The summed E-state index contributed by atoms with van der Waals surface area (Å²) >= 11 is 0. The van der Waals surface area contributed by atoms with Gasteiger partial charge in [0.2, 0.25) is 0 Å². The van der Waals surface area contributed by atoms with Crippen LogP contribution in [0.15, 0.2) is 82.3 Å². The molecular weight excluding hydrogens is 454 g/mol. The van der Waals surface area contributed by atoms with E-state index < -0.39 is 5.91 Å². The van der Waals surface area contributed by atoms with Crippen molar-refractivity contribution in [3.8, 4) is 17.2 Å². The van der Waals surface area contributed by atoms with Crippen molar-refractivity contribution in [3.05, 3.63) is 101 Å². The van der Waals surface area contributed by atoms with E-state index in [1.54, 1.807) is 18.3 Å². The van der Waals surface area contributed by atoms with Gasteiger partial charge < -0.3 is 18.5 Å². The number of ether oxygens (including phenoxy) is 2. The maximum atomic E-state index is 12.4. The maximum absolute atomic E-state index is 12.4. The summed E-state index contributed by atoms with van der Waals surface area (Å²) in [5, 5.41) is 4.06. The fourth-order valence-electron chi connectivity index (χ4n) is 3.71. The van der Waals surface area contributed by atoms with E-state index in [1.807, 2.05) is 55.5 Å². The third-order valence-corrected chi connectivity index (χ3v) is 5.82. The quantitative estimate of drug-likeness (QED) is 0.214. The number of carbonyl (C=O) groups excluding carboxylic acids is 1. The highest BCUT2D eigenvalue weighted by molar-refractivity contribution is 5.92. The molecule has 2 heterocycles. The minimum absolute atomic E-state index is 0.0867. The van der Waals surface area contributed by atoms with Crippen LogP contribution in [0, 0.1) is 13.8 Å². The van der Waals surface area contributed by atoms with E-state index in [4.69, 9.17) is 13.9 Å². The smallest absolute Gasteiger partial charge is 0.307 e. The van der Waals surface area contributed by atoms with Gasteiger partial charge in [-0.15, -0.1) is 0 Å². The minimum atomic E-state index is -0.445. The molecule has 0 spiro atoms. The molecule has 0 unspecified atom stereocenters. The van der Waals surface area contributed by atoms with Crippen LogP contribution in [0.1, 0.15) is 53.5 Å². The monoisotopic (exact) mass is 485 g/mol. The number of furan rings is 1. The zero-order valence-corrected chi connectivity index (χ0v) is 21.0. The van der Waals surface area contributed by atoms with Gasteiger partial charge in [-0.05, 0) is 87.9 Å². The molecule has 2 aromatic heterocycles. The molecule has 0 aliphatic heterocycles. The molecule has 4 rings (SSSR count). The second-order valence-corrected chi connectivity index (χ2v) is 8.57. The number of aromatic nitrogens is 1. The molecule has 7 heteroatoms. The molecule has 1 amide bonds. The molecule has 36 heavy (non-hydrogen) atoms. The van der Waals surface area contributed by atoms with E-state index in [-0.39, 0.29) is 18.5 Å². The third-order valence-electron chi connectivity index (χ3n) is 5.82. The second kappa shape index (κ2) is 11.4. The number of aryl methyl sites for hydroxylation is 2. The van der Waals surface area contributed by atoms with Crippen LogP contribution in [0.5, 0.6) is 11.5 Å². The molecule has 1 N–H and O–H groups in total. The minimum Gasteiger partial charge on any atom is -0.490 e. The SMILES string of the molecule is CC[C@@H](C)Oc1ccccc1/C=N/NC(=O)c1ccc(COc2ccc(-n3c(C)ccc3C)cc2)o1. The predicted octanol–water partition coefficient (Wildman–Crippen LogP) is 6.21. The number of rotatable bonds is 10. The molecule has 4 aromatic rings.